The maximum absolute atomic E-state index is 5.84. The molecular formula is C11H16ClNS. The van der Waals surface area contributed by atoms with Gasteiger partial charge in [0.15, 0.2) is 0 Å². The van der Waals surface area contributed by atoms with Crippen molar-refractivity contribution in [3.05, 3.63) is 34.9 Å². The molecule has 0 bridgehead atoms. The Hall–Kier alpha value is -0.180. The fourth-order valence-corrected chi connectivity index (χ4v) is 2.23. The first-order valence-corrected chi connectivity index (χ1v) is 6.31. The lowest BCUT2D eigenvalue weighted by Crippen LogP contribution is -2.18. The van der Waals surface area contributed by atoms with Crippen molar-refractivity contribution >= 4 is 23.4 Å². The van der Waals surface area contributed by atoms with Gasteiger partial charge in [0.05, 0.1) is 0 Å². The number of nitrogens with one attached hydrogen (secondary N) is 1. The predicted octanol–water partition coefficient (Wildman–Crippen LogP) is 3.35. The second kappa shape index (κ2) is 6.33. The molecule has 0 heterocycles. The summed E-state index contributed by atoms with van der Waals surface area (Å²) in [4.78, 5) is 0. The van der Waals surface area contributed by atoms with Crippen molar-refractivity contribution in [2.45, 2.75) is 13.0 Å². The summed E-state index contributed by atoms with van der Waals surface area (Å²) in [7, 11) is 2.00. The molecule has 0 aliphatic rings. The number of thioether (sulfide) groups is 1. The van der Waals surface area contributed by atoms with Gasteiger partial charge in [-0.2, -0.15) is 11.8 Å². The van der Waals surface area contributed by atoms with E-state index in [1.165, 1.54) is 5.56 Å². The second-order valence-electron chi connectivity index (χ2n) is 3.05. The van der Waals surface area contributed by atoms with Gasteiger partial charge in [-0.15, -0.1) is 0 Å². The highest BCUT2D eigenvalue weighted by molar-refractivity contribution is 7.99. The minimum Gasteiger partial charge on any atom is -0.312 e. The molecule has 0 fully saturated rings. The molecule has 0 spiro atoms. The van der Waals surface area contributed by atoms with E-state index in [4.69, 9.17) is 11.6 Å². The van der Waals surface area contributed by atoms with Crippen molar-refractivity contribution in [3.8, 4) is 0 Å². The summed E-state index contributed by atoms with van der Waals surface area (Å²) in [6, 6.07) is 8.48. The molecule has 0 saturated carbocycles. The van der Waals surface area contributed by atoms with Gasteiger partial charge in [0, 0.05) is 16.8 Å². The average molecular weight is 230 g/mol. The first-order valence-electron chi connectivity index (χ1n) is 4.78. The van der Waals surface area contributed by atoms with Gasteiger partial charge in [0.2, 0.25) is 0 Å². The van der Waals surface area contributed by atoms with Gasteiger partial charge in [-0.1, -0.05) is 30.7 Å². The average Bonchev–Trinajstić information content (AvgIpc) is 2.21. The van der Waals surface area contributed by atoms with Crippen LogP contribution in [-0.2, 0) is 0 Å². The summed E-state index contributed by atoms with van der Waals surface area (Å²) >= 11 is 7.78. The second-order valence-corrected chi connectivity index (χ2v) is 4.81. The Labute approximate surface area is 95.2 Å². The van der Waals surface area contributed by atoms with Crippen LogP contribution in [0.1, 0.15) is 18.5 Å². The number of rotatable bonds is 5. The van der Waals surface area contributed by atoms with Crippen LogP contribution in [0.4, 0.5) is 0 Å². The normalized spacial score (nSPS) is 12.8. The quantitative estimate of drug-likeness (QED) is 0.831. The van der Waals surface area contributed by atoms with Crippen LogP contribution in [0.3, 0.4) is 0 Å². The van der Waals surface area contributed by atoms with Crippen molar-refractivity contribution < 1.29 is 0 Å². The molecule has 0 amide bonds. The van der Waals surface area contributed by atoms with Crippen LogP contribution < -0.4 is 5.32 Å². The zero-order valence-electron chi connectivity index (χ0n) is 8.59. The van der Waals surface area contributed by atoms with Crippen LogP contribution in [0.5, 0.6) is 0 Å². The molecule has 78 valence electrons. The van der Waals surface area contributed by atoms with E-state index in [0.29, 0.717) is 6.04 Å². The van der Waals surface area contributed by atoms with E-state index < -0.39 is 0 Å². The summed E-state index contributed by atoms with van der Waals surface area (Å²) in [6.45, 7) is 2.18. The van der Waals surface area contributed by atoms with Gasteiger partial charge < -0.3 is 5.32 Å². The van der Waals surface area contributed by atoms with Crippen molar-refractivity contribution in [1.29, 1.82) is 0 Å². The Bertz CT molecular complexity index is 260. The maximum atomic E-state index is 5.84. The Morgan fingerprint density at radius 2 is 2.00 bits per heavy atom. The predicted molar refractivity (Wildman–Crippen MR) is 66.3 cm³/mol. The van der Waals surface area contributed by atoms with Crippen LogP contribution in [-0.4, -0.2) is 18.6 Å². The van der Waals surface area contributed by atoms with E-state index >= 15 is 0 Å². The molecule has 3 heteroatoms. The van der Waals surface area contributed by atoms with Crippen molar-refractivity contribution in [1.82, 2.24) is 5.32 Å². The van der Waals surface area contributed by atoms with Crippen LogP contribution in [0.15, 0.2) is 24.3 Å². The van der Waals surface area contributed by atoms with Gasteiger partial charge in [-0.3, -0.25) is 0 Å². The number of hydrogen-bond acceptors (Lipinski definition) is 2. The summed E-state index contributed by atoms with van der Waals surface area (Å²) < 4.78 is 0. The van der Waals surface area contributed by atoms with Crippen LogP contribution in [0.25, 0.3) is 0 Å². The van der Waals surface area contributed by atoms with E-state index in [0.717, 1.165) is 16.5 Å². The van der Waals surface area contributed by atoms with Gasteiger partial charge in [-0.05, 0) is 30.5 Å². The number of benzene rings is 1. The SMILES string of the molecule is CCSCC(NC)c1ccc(Cl)cc1. The zero-order chi connectivity index (χ0) is 10.4. The third-order valence-electron chi connectivity index (χ3n) is 2.11. The maximum Gasteiger partial charge on any atom is 0.0409 e. The van der Waals surface area contributed by atoms with Crippen molar-refractivity contribution in [3.63, 3.8) is 0 Å². The molecule has 0 aliphatic heterocycles. The fraction of sp³-hybridized carbons (Fsp3) is 0.455. The molecule has 0 aliphatic carbocycles. The third kappa shape index (κ3) is 3.52. The monoisotopic (exact) mass is 229 g/mol. The largest absolute Gasteiger partial charge is 0.312 e. The van der Waals surface area contributed by atoms with Crippen LogP contribution in [0.2, 0.25) is 5.02 Å². The van der Waals surface area contributed by atoms with Crippen LogP contribution in [0, 0.1) is 0 Å². The Morgan fingerprint density at radius 1 is 1.36 bits per heavy atom. The van der Waals surface area contributed by atoms with E-state index in [9.17, 15) is 0 Å². The summed E-state index contributed by atoms with van der Waals surface area (Å²) in [5.41, 5.74) is 1.30. The van der Waals surface area contributed by atoms with Gasteiger partial charge >= 0.3 is 0 Å². The van der Waals surface area contributed by atoms with E-state index in [-0.39, 0.29) is 0 Å². The van der Waals surface area contributed by atoms with Crippen LogP contribution >= 0.6 is 23.4 Å². The lowest BCUT2D eigenvalue weighted by Gasteiger charge is -2.15. The van der Waals surface area contributed by atoms with Crippen molar-refractivity contribution in [2.75, 3.05) is 18.6 Å². The molecule has 1 atom stereocenters. The first kappa shape index (κ1) is 11.9. The van der Waals surface area contributed by atoms with Gasteiger partial charge in [0.1, 0.15) is 0 Å². The first-order chi connectivity index (χ1) is 6.77. The highest BCUT2D eigenvalue weighted by atomic mass is 35.5. The third-order valence-corrected chi connectivity index (χ3v) is 3.34. The summed E-state index contributed by atoms with van der Waals surface area (Å²) in [5, 5.41) is 4.11. The number of halogens is 1. The Balaban J connectivity index is 2.64. The smallest absolute Gasteiger partial charge is 0.0409 e. The molecule has 0 aromatic heterocycles. The molecule has 1 aromatic carbocycles. The summed E-state index contributed by atoms with van der Waals surface area (Å²) in [6.07, 6.45) is 0. The molecule has 1 N–H and O–H groups in total. The van der Waals surface area contributed by atoms with Gasteiger partial charge in [-0.25, -0.2) is 0 Å². The molecule has 1 aromatic rings. The number of hydrogen-bond donors (Lipinski definition) is 1. The molecule has 1 rings (SSSR count). The molecule has 1 unspecified atom stereocenters. The highest BCUT2D eigenvalue weighted by Crippen LogP contribution is 2.19. The lowest BCUT2D eigenvalue weighted by atomic mass is 10.1. The topological polar surface area (TPSA) is 12.0 Å². The van der Waals surface area contributed by atoms with Gasteiger partial charge in [0.25, 0.3) is 0 Å². The fourth-order valence-electron chi connectivity index (χ4n) is 1.28. The van der Waals surface area contributed by atoms with E-state index in [1.807, 2.05) is 30.9 Å². The standard InChI is InChI=1S/C11H16ClNS/c1-3-14-8-11(13-2)9-4-6-10(12)7-5-9/h4-7,11,13H,3,8H2,1-2H3. The molecule has 0 saturated heterocycles. The van der Waals surface area contributed by atoms with E-state index in [1.54, 1.807) is 0 Å². The summed E-state index contributed by atoms with van der Waals surface area (Å²) in [5.74, 6) is 2.26. The zero-order valence-corrected chi connectivity index (χ0v) is 10.2. The van der Waals surface area contributed by atoms with Crippen molar-refractivity contribution in [2.24, 2.45) is 0 Å². The lowest BCUT2D eigenvalue weighted by molar-refractivity contribution is 0.662. The molecular weight excluding hydrogens is 214 g/mol. The molecule has 0 radical (unpaired) electrons. The Kier molecular flexibility index (Phi) is 5.38. The minimum atomic E-state index is 0.428. The highest BCUT2D eigenvalue weighted by Gasteiger charge is 2.07. The van der Waals surface area contributed by atoms with E-state index in [2.05, 4.69) is 24.4 Å². The minimum absolute atomic E-state index is 0.428. The molecule has 1 nitrogen and oxygen atoms in total. The Morgan fingerprint density at radius 3 is 2.50 bits per heavy atom. The molecule has 14 heavy (non-hydrogen) atoms.